The molecule has 0 amide bonds. The first kappa shape index (κ1) is 19.2. The van der Waals surface area contributed by atoms with Crippen LogP contribution in [-0.2, 0) is 14.3 Å². The number of fused-ring (bicyclic) bond motifs is 5. The Labute approximate surface area is 164 Å². The van der Waals surface area contributed by atoms with Crippen LogP contribution in [0, 0.1) is 40.4 Å². The number of Topliss-reactive ketones (excluding diaryl/α,β-unsaturated/α-hetero) is 1. The fourth-order valence-corrected chi connectivity index (χ4v) is 8.06. The molecule has 0 aromatic heterocycles. The summed E-state index contributed by atoms with van der Waals surface area (Å²) >= 11 is 0. The Morgan fingerprint density at radius 1 is 1.11 bits per heavy atom. The molecule has 0 saturated heterocycles. The molecule has 3 nitrogen and oxygen atoms in total. The second kappa shape index (κ2) is 6.46. The molecule has 0 N–H and O–H groups in total. The van der Waals surface area contributed by atoms with Crippen molar-refractivity contribution in [2.45, 2.75) is 85.7 Å². The Bertz CT molecular complexity index is 679. The maximum Gasteiger partial charge on any atom is 0.302 e. The first-order chi connectivity index (χ1) is 12.7. The van der Waals surface area contributed by atoms with Gasteiger partial charge in [0.2, 0.25) is 0 Å². The van der Waals surface area contributed by atoms with Crippen molar-refractivity contribution in [3.63, 3.8) is 0 Å². The lowest BCUT2D eigenvalue weighted by Gasteiger charge is -2.56. The van der Waals surface area contributed by atoms with E-state index < -0.39 is 0 Å². The highest BCUT2D eigenvalue weighted by Gasteiger charge is 2.59. The summed E-state index contributed by atoms with van der Waals surface area (Å²) in [6, 6.07) is 0. The molecule has 0 unspecified atom stereocenters. The van der Waals surface area contributed by atoms with Gasteiger partial charge in [-0.05, 0) is 86.4 Å². The normalized spacial score (nSPS) is 48.7. The Morgan fingerprint density at radius 3 is 2.52 bits per heavy atom. The van der Waals surface area contributed by atoms with Crippen LogP contribution in [-0.4, -0.2) is 17.9 Å². The molecule has 0 spiro atoms. The summed E-state index contributed by atoms with van der Waals surface area (Å²) in [7, 11) is 0. The minimum atomic E-state index is -0.139. The molecule has 4 aliphatic rings. The summed E-state index contributed by atoms with van der Waals surface area (Å²) in [6.45, 7) is 10.5. The summed E-state index contributed by atoms with van der Waals surface area (Å²) < 4.78 is 5.57. The highest BCUT2D eigenvalue weighted by molar-refractivity contribution is 5.80. The fraction of sp³-hybridized carbons (Fsp3) is 0.833. The number of hydrogen-bond acceptors (Lipinski definition) is 3. The lowest BCUT2D eigenvalue weighted by Crippen LogP contribution is -2.49. The van der Waals surface area contributed by atoms with Gasteiger partial charge in [0.15, 0.2) is 0 Å². The Hall–Kier alpha value is -1.12. The van der Waals surface area contributed by atoms with E-state index in [1.54, 1.807) is 5.57 Å². The molecule has 0 aromatic rings. The van der Waals surface area contributed by atoms with Crippen LogP contribution in [0.25, 0.3) is 0 Å². The first-order valence-electron chi connectivity index (χ1n) is 11.0. The number of carbonyl (C=O) groups is 2. The molecule has 150 valence electrons. The van der Waals surface area contributed by atoms with Crippen LogP contribution in [0.4, 0.5) is 0 Å². The zero-order valence-electron chi connectivity index (χ0n) is 17.7. The van der Waals surface area contributed by atoms with Crippen molar-refractivity contribution in [2.75, 3.05) is 0 Å². The lowest BCUT2D eigenvalue weighted by molar-refractivity contribution is -0.151. The number of carbonyl (C=O) groups excluding carboxylic acids is 2. The van der Waals surface area contributed by atoms with Crippen LogP contribution in [0.5, 0.6) is 0 Å². The van der Waals surface area contributed by atoms with Crippen molar-refractivity contribution >= 4 is 11.8 Å². The van der Waals surface area contributed by atoms with Gasteiger partial charge in [-0.15, -0.1) is 0 Å². The van der Waals surface area contributed by atoms with E-state index in [1.807, 2.05) is 6.92 Å². The maximum absolute atomic E-state index is 12.4. The van der Waals surface area contributed by atoms with Crippen LogP contribution >= 0.6 is 0 Å². The number of esters is 1. The van der Waals surface area contributed by atoms with Gasteiger partial charge in [-0.1, -0.05) is 32.4 Å². The number of ether oxygens (including phenoxy) is 1. The standard InChI is InChI=1S/C24H36O3/c1-14-12-21-19-7-6-17-13-18(27-16(3)26)8-10-23(17,4)20(19)9-11-24(21,5)22(14)15(2)25/h9,14,17-19,21-22H,6-8,10-13H2,1-5H3/t14-,17-,18+,19-,21+,22+,23-,24+/m0/s1. The Morgan fingerprint density at radius 2 is 1.85 bits per heavy atom. The first-order valence-corrected chi connectivity index (χ1v) is 11.0. The predicted octanol–water partition coefficient (Wildman–Crippen LogP) is 5.33. The van der Waals surface area contributed by atoms with E-state index in [1.165, 1.54) is 26.2 Å². The highest BCUT2D eigenvalue weighted by Crippen LogP contribution is 2.66. The second-order valence-corrected chi connectivity index (χ2v) is 10.6. The van der Waals surface area contributed by atoms with Gasteiger partial charge in [-0.3, -0.25) is 9.59 Å². The molecule has 0 aliphatic heterocycles. The van der Waals surface area contributed by atoms with Gasteiger partial charge >= 0.3 is 5.97 Å². The molecule has 3 heteroatoms. The molecule has 0 bridgehead atoms. The van der Waals surface area contributed by atoms with E-state index >= 15 is 0 Å². The smallest absolute Gasteiger partial charge is 0.302 e. The van der Waals surface area contributed by atoms with E-state index in [2.05, 4.69) is 26.8 Å². The molecule has 4 rings (SSSR count). The van der Waals surface area contributed by atoms with Crippen molar-refractivity contribution in [1.82, 2.24) is 0 Å². The molecule has 8 atom stereocenters. The van der Waals surface area contributed by atoms with Gasteiger partial charge in [0.05, 0.1) is 0 Å². The van der Waals surface area contributed by atoms with Crippen LogP contribution in [0.1, 0.15) is 79.6 Å². The van der Waals surface area contributed by atoms with Gasteiger partial charge in [0, 0.05) is 12.8 Å². The van der Waals surface area contributed by atoms with Crippen molar-refractivity contribution < 1.29 is 14.3 Å². The van der Waals surface area contributed by atoms with Crippen molar-refractivity contribution in [3.05, 3.63) is 11.6 Å². The second-order valence-electron chi connectivity index (χ2n) is 10.6. The number of hydrogen-bond donors (Lipinski definition) is 0. The zero-order chi connectivity index (χ0) is 19.6. The van der Waals surface area contributed by atoms with Crippen LogP contribution in [0.2, 0.25) is 0 Å². The summed E-state index contributed by atoms with van der Waals surface area (Å²) in [5, 5.41) is 0. The summed E-state index contributed by atoms with van der Waals surface area (Å²) in [5.41, 5.74) is 2.11. The highest BCUT2D eigenvalue weighted by atomic mass is 16.5. The average molecular weight is 373 g/mol. The van der Waals surface area contributed by atoms with Crippen molar-refractivity contribution in [1.29, 1.82) is 0 Å². The average Bonchev–Trinajstić information content (AvgIpc) is 2.85. The molecule has 3 saturated carbocycles. The SMILES string of the molecule is CC(=O)O[C@@H]1CC[C@]2(C)C3=CC[C@]4(C)[C@H](C[C@H](C)[C@@H]4C(C)=O)[C@H]3CC[C@H]2C1. The monoisotopic (exact) mass is 372 g/mol. The van der Waals surface area contributed by atoms with Crippen molar-refractivity contribution in [2.24, 2.45) is 40.4 Å². The molecule has 4 aliphatic carbocycles. The fourth-order valence-electron chi connectivity index (χ4n) is 8.06. The summed E-state index contributed by atoms with van der Waals surface area (Å²) in [5.74, 6) is 2.93. The number of allylic oxidation sites excluding steroid dienone is 2. The van der Waals surface area contributed by atoms with Gasteiger partial charge in [-0.2, -0.15) is 0 Å². The number of rotatable bonds is 2. The quantitative estimate of drug-likeness (QED) is 0.486. The van der Waals surface area contributed by atoms with Crippen LogP contribution in [0.15, 0.2) is 11.6 Å². The third kappa shape index (κ3) is 2.83. The van der Waals surface area contributed by atoms with Gasteiger partial charge in [0.1, 0.15) is 11.9 Å². The largest absolute Gasteiger partial charge is 0.463 e. The molecular formula is C24H36O3. The molecule has 0 radical (unpaired) electrons. The zero-order valence-corrected chi connectivity index (χ0v) is 17.7. The molecule has 27 heavy (non-hydrogen) atoms. The van der Waals surface area contributed by atoms with E-state index in [0.29, 0.717) is 29.5 Å². The van der Waals surface area contributed by atoms with Gasteiger partial charge in [0.25, 0.3) is 0 Å². The lowest BCUT2D eigenvalue weighted by atomic mass is 9.48. The number of ketones is 1. The molecule has 0 aromatic carbocycles. The van der Waals surface area contributed by atoms with E-state index in [9.17, 15) is 9.59 Å². The third-order valence-electron chi connectivity index (χ3n) is 9.09. The minimum Gasteiger partial charge on any atom is -0.463 e. The maximum atomic E-state index is 12.4. The third-order valence-corrected chi connectivity index (χ3v) is 9.09. The summed E-state index contributed by atoms with van der Waals surface area (Å²) in [4.78, 5) is 23.8. The van der Waals surface area contributed by atoms with Gasteiger partial charge in [-0.25, -0.2) is 0 Å². The van der Waals surface area contributed by atoms with Gasteiger partial charge < -0.3 is 4.74 Å². The molecule has 0 heterocycles. The molecular weight excluding hydrogens is 336 g/mol. The van der Waals surface area contributed by atoms with Crippen molar-refractivity contribution in [3.8, 4) is 0 Å². The van der Waals surface area contributed by atoms with E-state index in [-0.39, 0.29) is 28.8 Å². The summed E-state index contributed by atoms with van der Waals surface area (Å²) in [6.07, 6.45) is 10.6. The minimum absolute atomic E-state index is 0.111. The van der Waals surface area contributed by atoms with Crippen LogP contribution < -0.4 is 0 Å². The Balaban J connectivity index is 1.61. The van der Waals surface area contributed by atoms with E-state index in [4.69, 9.17) is 4.74 Å². The van der Waals surface area contributed by atoms with Crippen LogP contribution in [0.3, 0.4) is 0 Å². The Kier molecular flexibility index (Phi) is 4.59. The predicted molar refractivity (Wildman–Crippen MR) is 106 cm³/mol. The topological polar surface area (TPSA) is 43.4 Å². The molecule has 3 fully saturated rings. The van der Waals surface area contributed by atoms with E-state index in [0.717, 1.165) is 25.7 Å².